The highest BCUT2D eigenvalue weighted by molar-refractivity contribution is 7.10. The summed E-state index contributed by atoms with van der Waals surface area (Å²) in [6, 6.07) is 4.40. The van der Waals surface area contributed by atoms with E-state index >= 15 is 0 Å². The van der Waals surface area contributed by atoms with Crippen molar-refractivity contribution in [1.82, 2.24) is 25.2 Å². The van der Waals surface area contributed by atoms with E-state index in [-0.39, 0.29) is 11.9 Å². The predicted octanol–water partition coefficient (Wildman–Crippen LogP) is 1.32. The smallest absolute Gasteiger partial charge is 0.276 e. The van der Waals surface area contributed by atoms with Crippen LogP contribution in [0.2, 0.25) is 0 Å². The molecule has 20 heavy (non-hydrogen) atoms. The van der Waals surface area contributed by atoms with Gasteiger partial charge in [-0.15, -0.1) is 16.4 Å². The first-order chi connectivity index (χ1) is 9.66. The van der Waals surface area contributed by atoms with E-state index in [1.807, 2.05) is 24.4 Å². The van der Waals surface area contributed by atoms with E-state index < -0.39 is 0 Å². The van der Waals surface area contributed by atoms with Crippen molar-refractivity contribution in [2.24, 2.45) is 0 Å². The summed E-state index contributed by atoms with van der Waals surface area (Å²) >= 11 is 1.65. The minimum atomic E-state index is -0.0931. The summed E-state index contributed by atoms with van der Waals surface area (Å²) < 4.78 is 1.77. The molecule has 1 amide bonds. The number of hydrogen-bond acceptors (Lipinski definition) is 5. The van der Waals surface area contributed by atoms with Gasteiger partial charge in [-0.2, -0.15) is 0 Å². The molecule has 0 aliphatic carbocycles. The fraction of sp³-hybridized carbons (Fsp3) is 0.462. The zero-order chi connectivity index (χ0) is 14.1. The third kappa shape index (κ3) is 2.34. The first-order valence-corrected chi connectivity index (χ1v) is 7.48. The van der Waals surface area contributed by atoms with E-state index in [1.54, 1.807) is 34.2 Å². The van der Waals surface area contributed by atoms with E-state index in [2.05, 4.69) is 15.6 Å². The van der Waals surface area contributed by atoms with Gasteiger partial charge in [0.05, 0.1) is 18.3 Å². The van der Waals surface area contributed by atoms with Crippen LogP contribution in [0.25, 0.3) is 0 Å². The second-order valence-corrected chi connectivity index (χ2v) is 5.98. The highest BCUT2D eigenvalue weighted by Crippen LogP contribution is 2.24. The van der Waals surface area contributed by atoms with Crippen molar-refractivity contribution >= 4 is 17.2 Å². The number of aromatic nitrogens is 3. The highest BCUT2D eigenvalue weighted by atomic mass is 32.1. The minimum absolute atomic E-state index is 0.0398. The van der Waals surface area contributed by atoms with E-state index in [0.717, 1.165) is 18.0 Å². The fourth-order valence-electron chi connectivity index (χ4n) is 2.09. The van der Waals surface area contributed by atoms with Gasteiger partial charge in [0.2, 0.25) is 0 Å². The van der Waals surface area contributed by atoms with E-state index in [9.17, 15) is 4.79 Å². The third-order valence-electron chi connectivity index (χ3n) is 3.72. The van der Waals surface area contributed by atoms with Gasteiger partial charge < -0.3 is 10.2 Å². The Hall–Kier alpha value is -1.73. The molecule has 1 aliphatic heterocycles. The molecule has 1 aliphatic rings. The molecule has 1 saturated heterocycles. The number of nitrogens with zero attached hydrogens (tertiary/aromatic N) is 4. The Kier molecular flexibility index (Phi) is 3.54. The molecule has 0 radical (unpaired) electrons. The van der Waals surface area contributed by atoms with Crippen LogP contribution in [-0.4, -0.2) is 45.9 Å². The first-order valence-electron chi connectivity index (χ1n) is 6.60. The van der Waals surface area contributed by atoms with Crippen LogP contribution in [-0.2, 0) is 0 Å². The Morgan fingerprint density at radius 3 is 3.00 bits per heavy atom. The van der Waals surface area contributed by atoms with Crippen LogP contribution < -0.4 is 5.32 Å². The van der Waals surface area contributed by atoms with Crippen LogP contribution in [0.3, 0.4) is 0 Å². The van der Waals surface area contributed by atoms with Crippen LogP contribution in [0.15, 0.2) is 23.7 Å². The summed E-state index contributed by atoms with van der Waals surface area (Å²) in [5, 5.41) is 13.2. The Balaban J connectivity index is 1.72. The molecule has 106 valence electrons. The second kappa shape index (κ2) is 5.34. The molecule has 1 N–H and O–H groups in total. The average Bonchev–Trinajstić information content (AvgIpc) is 3.05. The van der Waals surface area contributed by atoms with Gasteiger partial charge in [0.15, 0.2) is 5.69 Å². The molecule has 2 aromatic rings. The van der Waals surface area contributed by atoms with Crippen molar-refractivity contribution in [1.29, 1.82) is 0 Å². The van der Waals surface area contributed by atoms with Gasteiger partial charge in [-0.25, -0.2) is 4.68 Å². The van der Waals surface area contributed by atoms with Crippen molar-refractivity contribution in [3.8, 4) is 0 Å². The number of amides is 1. The van der Waals surface area contributed by atoms with Gasteiger partial charge in [-0.1, -0.05) is 11.3 Å². The second-order valence-electron chi connectivity index (χ2n) is 5.00. The van der Waals surface area contributed by atoms with Gasteiger partial charge in [0, 0.05) is 25.0 Å². The standard InChI is InChI=1S/C13H17N5OS/c1-9(12-4-3-5-20-12)17(2)13(19)11-8-18(16-15-11)10-6-14-7-10/h3-5,8-10,14H,6-7H2,1-2H3. The maximum atomic E-state index is 12.4. The van der Waals surface area contributed by atoms with Gasteiger partial charge in [-0.3, -0.25) is 4.79 Å². The maximum Gasteiger partial charge on any atom is 0.276 e. The Bertz CT molecular complexity index is 590. The zero-order valence-corrected chi connectivity index (χ0v) is 12.3. The number of thiophene rings is 1. The summed E-state index contributed by atoms with van der Waals surface area (Å²) in [6.45, 7) is 3.79. The van der Waals surface area contributed by atoms with Crippen molar-refractivity contribution in [2.75, 3.05) is 20.1 Å². The molecule has 0 saturated carbocycles. The van der Waals surface area contributed by atoms with Crippen LogP contribution in [0.1, 0.15) is 34.4 Å². The summed E-state index contributed by atoms with van der Waals surface area (Å²) in [5.74, 6) is -0.0931. The summed E-state index contributed by atoms with van der Waals surface area (Å²) in [5.41, 5.74) is 0.405. The third-order valence-corrected chi connectivity index (χ3v) is 4.76. The van der Waals surface area contributed by atoms with Gasteiger partial charge in [0.1, 0.15) is 0 Å². The van der Waals surface area contributed by atoms with Crippen LogP contribution >= 0.6 is 11.3 Å². The molecule has 1 unspecified atom stereocenters. The van der Waals surface area contributed by atoms with Crippen molar-refractivity contribution in [2.45, 2.75) is 19.0 Å². The molecule has 1 atom stereocenters. The monoisotopic (exact) mass is 291 g/mol. The van der Waals surface area contributed by atoms with Gasteiger partial charge in [0.25, 0.3) is 5.91 Å². The van der Waals surface area contributed by atoms with E-state index in [1.165, 1.54) is 0 Å². The summed E-state index contributed by atoms with van der Waals surface area (Å²) in [6.07, 6.45) is 1.74. The lowest BCUT2D eigenvalue weighted by Crippen LogP contribution is -2.43. The lowest BCUT2D eigenvalue weighted by Gasteiger charge is -2.26. The molecular weight excluding hydrogens is 274 g/mol. The van der Waals surface area contributed by atoms with Gasteiger partial charge >= 0.3 is 0 Å². The number of rotatable bonds is 4. The van der Waals surface area contributed by atoms with Crippen molar-refractivity contribution in [3.05, 3.63) is 34.3 Å². The average molecular weight is 291 g/mol. The molecule has 3 rings (SSSR count). The Morgan fingerprint density at radius 2 is 2.40 bits per heavy atom. The normalized spacial score (nSPS) is 16.7. The molecule has 7 heteroatoms. The lowest BCUT2D eigenvalue weighted by molar-refractivity contribution is 0.0739. The Morgan fingerprint density at radius 1 is 1.60 bits per heavy atom. The minimum Gasteiger partial charge on any atom is -0.333 e. The number of hydrogen-bond donors (Lipinski definition) is 1. The SMILES string of the molecule is CC(c1cccs1)N(C)C(=O)c1cn(C2CNC2)nn1. The lowest BCUT2D eigenvalue weighted by atomic mass is 10.2. The van der Waals surface area contributed by atoms with Crippen LogP contribution in [0, 0.1) is 0 Å². The molecule has 0 spiro atoms. The van der Waals surface area contributed by atoms with Crippen molar-refractivity contribution < 1.29 is 4.79 Å². The topological polar surface area (TPSA) is 63.1 Å². The van der Waals surface area contributed by atoms with Crippen LogP contribution in [0.4, 0.5) is 0 Å². The number of carbonyl (C=O) groups is 1. The van der Waals surface area contributed by atoms with E-state index in [4.69, 9.17) is 0 Å². The molecule has 6 nitrogen and oxygen atoms in total. The quantitative estimate of drug-likeness (QED) is 0.923. The summed E-state index contributed by atoms with van der Waals surface area (Å²) in [4.78, 5) is 15.3. The largest absolute Gasteiger partial charge is 0.333 e. The Labute approximate surface area is 121 Å². The molecular formula is C13H17N5OS. The van der Waals surface area contributed by atoms with Crippen LogP contribution in [0.5, 0.6) is 0 Å². The molecule has 0 bridgehead atoms. The molecule has 1 fully saturated rings. The predicted molar refractivity (Wildman–Crippen MR) is 76.8 cm³/mol. The molecule has 0 aromatic carbocycles. The molecule has 3 heterocycles. The maximum absolute atomic E-state index is 12.4. The van der Waals surface area contributed by atoms with Gasteiger partial charge in [-0.05, 0) is 18.4 Å². The van der Waals surface area contributed by atoms with E-state index in [0.29, 0.717) is 11.7 Å². The fourth-order valence-corrected chi connectivity index (χ4v) is 2.92. The van der Waals surface area contributed by atoms with Crippen molar-refractivity contribution in [3.63, 3.8) is 0 Å². The summed E-state index contributed by atoms with van der Waals surface area (Å²) in [7, 11) is 1.80. The zero-order valence-electron chi connectivity index (χ0n) is 11.5. The first kappa shape index (κ1) is 13.3. The highest BCUT2D eigenvalue weighted by Gasteiger charge is 2.25. The number of nitrogens with one attached hydrogen (secondary N) is 1. The number of carbonyl (C=O) groups excluding carboxylic acids is 1. The molecule has 2 aromatic heterocycles.